The molecule has 83 heavy (non-hydrogen) atoms. The number of unbranched alkanes of at least 4 members (excludes halogenated alkanes) is 2. The molecule has 0 saturated carbocycles. The van der Waals surface area contributed by atoms with Crippen LogP contribution in [0.25, 0.3) is 21.5 Å². The van der Waals surface area contributed by atoms with Crippen LogP contribution in [-0.2, 0) is 31.3 Å². The van der Waals surface area contributed by atoms with Gasteiger partial charge >= 0.3 is 477 Å². The molecule has 0 radical (unpaired) electrons. The third kappa shape index (κ3) is 12.5. The Kier molecular flexibility index (Phi) is 19.6. The number of benzene rings is 6. The molecule has 7 rings (SSSR count). The normalized spacial score (nSPS) is 15.1. The van der Waals surface area contributed by atoms with Crippen molar-refractivity contribution in [1.29, 1.82) is 0 Å². The van der Waals surface area contributed by atoms with E-state index < -0.39 is 115 Å². The summed E-state index contributed by atoms with van der Waals surface area (Å²) in [6, 6.07) is 29.8. The van der Waals surface area contributed by atoms with Crippen LogP contribution in [0.15, 0.2) is 125 Å². The number of methoxy groups -OCH3 is 1. The van der Waals surface area contributed by atoms with Crippen molar-refractivity contribution >= 4 is 67.8 Å². The molecule has 0 fully saturated rings. The van der Waals surface area contributed by atoms with Gasteiger partial charge in [0.15, 0.2) is 0 Å². The molecule has 6 aromatic rings. The van der Waals surface area contributed by atoms with Crippen molar-refractivity contribution in [3.63, 3.8) is 0 Å². The molecule has 25 heteroatoms. The van der Waals surface area contributed by atoms with Gasteiger partial charge in [-0.15, -0.1) is 0 Å². The summed E-state index contributed by atoms with van der Waals surface area (Å²) in [5, 5.41) is -0.00632. The van der Waals surface area contributed by atoms with Gasteiger partial charge in [0.2, 0.25) is 0 Å². The molecule has 6 aromatic carbocycles. The van der Waals surface area contributed by atoms with Gasteiger partial charge in [0.1, 0.15) is 0 Å². The van der Waals surface area contributed by atoms with E-state index in [0.29, 0.717) is 34.4 Å². The van der Waals surface area contributed by atoms with Gasteiger partial charge in [0, 0.05) is 0 Å². The second kappa shape index (κ2) is 24.9. The predicted molar refractivity (Wildman–Crippen MR) is 286 cm³/mol. The molecule has 0 N–H and O–H groups in total. The Morgan fingerprint density at radius 2 is 1.19 bits per heavy atom. The van der Waals surface area contributed by atoms with Gasteiger partial charge < -0.3 is 0 Å². The molecule has 1 heterocycles. The van der Waals surface area contributed by atoms with Crippen LogP contribution in [0.1, 0.15) is 71.6 Å². The molecule has 450 valence electrons. The molecule has 6 nitrogen and oxygen atoms in total. The third-order valence-corrected chi connectivity index (χ3v) is 25.5. The quantitative estimate of drug-likeness (QED) is 0.0187. The van der Waals surface area contributed by atoms with Crippen molar-refractivity contribution in [3.05, 3.63) is 153 Å². The predicted octanol–water partition coefficient (Wildman–Crippen LogP) is 17.6. The molecule has 0 aromatic heterocycles. The van der Waals surface area contributed by atoms with Crippen LogP contribution in [-0.4, -0.2) is 93.0 Å². The second-order valence-corrected chi connectivity index (χ2v) is 29.9. The van der Waals surface area contributed by atoms with E-state index >= 15 is 35.1 Å². The van der Waals surface area contributed by atoms with Crippen LogP contribution < -0.4 is 13.9 Å². The summed E-state index contributed by atoms with van der Waals surface area (Å²) in [5.74, 6) is -59.1. The summed E-state index contributed by atoms with van der Waals surface area (Å²) in [5.41, 5.74) is 0.648. The molecule has 0 spiro atoms. The van der Waals surface area contributed by atoms with E-state index in [4.69, 9.17) is 23.7 Å². The van der Waals surface area contributed by atoms with Crippen molar-refractivity contribution in [3.8, 4) is 17.2 Å². The number of rotatable bonds is 25. The Balaban J connectivity index is 1.46. The number of carbonyl (C=O) groups is 1. The second-order valence-electron chi connectivity index (χ2n) is 20.2. The summed E-state index contributed by atoms with van der Waals surface area (Å²) in [4.78, 5) is 14.6. The SMILES string of the molecule is CCCCC[C@H](OC(=O)c1c(C)cccc1Oc1ccc2c([c]1[Ge]([CH2]CC(F)(F)C(F)(F)C(F)(F)C(F)(F)C(F)(F)C(F)(F)C(F)(F)C(F)(F)F)([CH2]c1ccc3ccccc3c1)[CH2]c1ccc3ccccc3c1)COCO2)[C@@H](/C=C/I)OC. The van der Waals surface area contributed by atoms with Crippen molar-refractivity contribution in [1.82, 2.24) is 0 Å². The van der Waals surface area contributed by atoms with Crippen LogP contribution in [0.3, 0.4) is 0 Å². The molecule has 0 amide bonds. The summed E-state index contributed by atoms with van der Waals surface area (Å²) in [6.45, 7) is 2.62. The molecule has 0 bridgehead atoms. The zero-order valence-electron chi connectivity index (χ0n) is 44.1. The van der Waals surface area contributed by atoms with Gasteiger partial charge in [-0.3, -0.25) is 0 Å². The van der Waals surface area contributed by atoms with E-state index in [0.717, 1.165) is 12.8 Å². The van der Waals surface area contributed by atoms with Gasteiger partial charge in [-0.1, -0.05) is 6.92 Å². The minimum absolute atomic E-state index is 0.0102. The first kappa shape index (κ1) is 65.2. The summed E-state index contributed by atoms with van der Waals surface area (Å²) in [7, 11) is 1.41. The van der Waals surface area contributed by atoms with Gasteiger partial charge in [0.25, 0.3) is 0 Å². The van der Waals surface area contributed by atoms with E-state index in [2.05, 4.69) is 0 Å². The van der Waals surface area contributed by atoms with Crippen LogP contribution in [0.5, 0.6) is 17.2 Å². The standard InChI is InChI=1S/C58H52F17GeIO6/c1-4-5-6-17-45(44(79-3)25-28-77)83-50(78)48-35(2)12-11-18-46(48)82-47-24-23-43-42(33-80-34-81-43)49(47)76(31-36-19-21-38-13-7-9-15-40(38)29-36,32-37-20-22-39-14-8-10-16-41(39)30-37)27-26-51(59,60)52(61,62)53(63,64)54(65,66)55(67,68)56(69,70)57(71,72)58(73,74)75/h7-16,18-25,28-30,44-45H,4-6,17,26-27,31-34H2,1-3H3/b28-25+/t44-,45+/m1/s1. The van der Waals surface area contributed by atoms with Gasteiger partial charge in [-0.05, 0) is 0 Å². The molecule has 1 aliphatic rings. The summed E-state index contributed by atoms with van der Waals surface area (Å²) >= 11 is -3.70. The number of hydrogen-bond donors (Lipinski definition) is 0. The van der Waals surface area contributed by atoms with Crippen molar-refractivity contribution in [2.45, 2.75) is 128 Å². The average molecular weight is 1370 g/mol. The van der Waals surface area contributed by atoms with Crippen LogP contribution in [0.4, 0.5) is 74.6 Å². The van der Waals surface area contributed by atoms with Crippen LogP contribution in [0.2, 0.25) is 5.25 Å². The Hall–Kier alpha value is -5.35. The molecular weight excluding hydrogens is 1320 g/mol. The van der Waals surface area contributed by atoms with Gasteiger partial charge in [0.05, 0.1) is 0 Å². The summed E-state index contributed by atoms with van der Waals surface area (Å²) in [6.07, 6.45) is -7.99. The molecular formula is C58H52F17GeIO6. The van der Waals surface area contributed by atoms with E-state index in [1.165, 1.54) is 56.5 Å². The third-order valence-electron chi connectivity index (χ3n) is 14.6. The number of hydrogen-bond acceptors (Lipinski definition) is 6. The zero-order chi connectivity index (χ0) is 61.2. The number of alkyl halides is 17. The van der Waals surface area contributed by atoms with E-state index in [1.54, 1.807) is 83.0 Å². The number of carbonyl (C=O) groups excluding carboxylic acids is 1. The van der Waals surface area contributed by atoms with Gasteiger partial charge in [-0.2, -0.15) is 0 Å². The molecule has 0 unspecified atom stereocenters. The monoisotopic (exact) mass is 1370 g/mol. The Labute approximate surface area is 481 Å². The van der Waals surface area contributed by atoms with Crippen LogP contribution >= 0.6 is 22.6 Å². The Morgan fingerprint density at radius 3 is 1.72 bits per heavy atom. The van der Waals surface area contributed by atoms with E-state index in [9.17, 15) is 44.3 Å². The number of halogens is 18. The number of ether oxygens (including phenoxy) is 5. The number of fused-ring (bicyclic) bond motifs is 3. The molecule has 2 atom stereocenters. The zero-order valence-corrected chi connectivity index (χ0v) is 48.4. The van der Waals surface area contributed by atoms with Gasteiger partial charge in [-0.25, -0.2) is 0 Å². The maximum atomic E-state index is 16.7. The summed E-state index contributed by atoms with van der Waals surface area (Å²) < 4.78 is 284. The first-order chi connectivity index (χ1) is 38.8. The average Bonchev–Trinajstić information content (AvgIpc) is 1.73. The molecule has 1 aliphatic heterocycles. The maximum absolute atomic E-state index is 16.7. The fourth-order valence-electron chi connectivity index (χ4n) is 10.2. The molecule has 0 saturated heterocycles. The van der Waals surface area contributed by atoms with Crippen LogP contribution in [0, 0.1) is 6.92 Å². The number of esters is 1. The fraction of sp³-hybridized carbons (Fsp3) is 0.397. The number of aryl methyl sites for hydroxylation is 1. The fourth-order valence-corrected chi connectivity index (χ4v) is 21.9. The van der Waals surface area contributed by atoms with Crippen molar-refractivity contribution in [2.75, 3.05) is 13.9 Å². The first-order valence-electron chi connectivity index (χ1n) is 25.6. The molecule has 0 aliphatic carbocycles. The van der Waals surface area contributed by atoms with Crippen molar-refractivity contribution in [2.24, 2.45) is 0 Å². The van der Waals surface area contributed by atoms with Crippen molar-refractivity contribution < 1.29 is 103 Å². The topological polar surface area (TPSA) is 63.2 Å². The minimum atomic E-state index is -8.79. The van der Waals surface area contributed by atoms with E-state index in [1.807, 2.05) is 29.5 Å². The van der Waals surface area contributed by atoms with E-state index in [-0.39, 0.29) is 49.5 Å². The Morgan fingerprint density at radius 1 is 0.651 bits per heavy atom. The Bertz CT molecular complexity index is 3220. The first-order valence-corrected chi connectivity index (χ1v) is 32.3.